The Balaban J connectivity index is 1.90. The van der Waals surface area contributed by atoms with Gasteiger partial charge in [-0.2, -0.15) is 13.2 Å². The standard InChI is InChI=1S/C13H18F3NO3/c14-13(15,16)11(20)17-6-5-12(8-17)3-1-9(2-4-12)7-10(18)19/h9H,1-8H2,(H,18,19). The minimum atomic E-state index is -4.80. The number of hydrogen-bond acceptors (Lipinski definition) is 2. The highest BCUT2D eigenvalue weighted by atomic mass is 19.4. The number of amides is 1. The topological polar surface area (TPSA) is 57.6 Å². The number of halogens is 3. The van der Waals surface area contributed by atoms with Crippen LogP contribution in [0.3, 0.4) is 0 Å². The number of carbonyl (C=O) groups is 2. The lowest BCUT2D eigenvalue weighted by molar-refractivity contribution is -0.184. The van der Waals surface area contributed by atoms with Gasteiger partial charge in [0.15, 0.2) is 0 Å². The Hall–Kier alpha value is -1.27. The molecule has 114 valence electrons. The van der Waals surface area contributed by atoms with Gasteiger partial charge >= 0.3 is 18.1 Å². The van der Waals surface area contributed by atoms with E-state index in [1.165, 1.54) is 0 Å². The molecule has 1 saturated carbocycles. The van der Waals surface area contributed by atoms with Crippen LogP contribution in [0.4, 0.5) is 13.2 Å². The molecule has 1 saturated heterocycles. The van der Waals surface area contributed by atoms with E-state index in [0.29, 0.717) is 19.3 Å². The molecule has 0 unspecified atom stereocenters. The van der Waals surface area contributed by atoms with E-state index in [4.69, 9.17) is 5.11 Å². The lowest BCUT2D eigenvalue weighted by atomic mass is 9.69. The lowest BCUT2D eigenvalue weighted by Crippen LogP contribution is -2.41. The van der Waals surface area contributed by atoms with Gasteiger partial charge in [0.1, 0.15) is 0 Å². The van der Waals surface area contributed by atoms with Gasteiger partial charge in [0, 0.05) is 19.5 Å². The molecule has 2 rings (SSSR count). The van der Waals surface area contributed by atoms with Crippen molar-refractivity contribution in [2.24, 2.45) is 11.3 Å². The van der Waals surface area contributed by atoms with Gasteiger partial charge in [0.05, 0.1) is 0 Å². The molecule has 0 aromatic heterocycles. The summed E-state index contributed by atoms with van der Waals surface area (Å²) in [5.41, 5.74) is -0.226. The largest absolute Gasteiger partial charge is 0.481 e. The number of carboxylic acids is 1. The SMILES string of the molecule is O=C(O)CC1CCC2(CC1)CCN(C(=O)C(F)(F)F)C2. The summed E-state index contributed by atoms with van der Waals surface area (Å²) < 4.78 is 37.2. The molecule has 2 aliphatic rings. The van der Waals surface area contributed by atoms with E-state index in [1.807, 2.05) is 0 Å². The predicted molar refractivity (Wildman–Crippen MR) is 63.9 cm³/mol. The van der Waals surface area contributed by atoms with Crippen LogP contribution in [0.25, 0.3) is 0 Å². The molecule has 1 aliphatic carbocycles. The van der Waals surface area contributed by atoms with Gasteiger partial charge in [-0.05, 0) is 43.4 Å². The first-order valence-corrected chi connectivity index (χ1v) is 6.80. The highest BCUT2D eigenvalue weighted by Gasteiger charge is 2.49. The van der Waals surface area contributed by atoms with Gasteiger partial charge in [0.2, 0.25) is 0 Å². The maximum Gasteiger partial charge on any atom is 0.471 e. The Morgan fingerprint density at radius 2 is 1.80 bits per heavy atom. The quantitative estimate of drug-likeness (QED) is 0.850. The van der Waals surface area contributed by atoms with Crippen LogP contribution in [-0.2, 0) is 9.59 Å². The van der Waals surface area contributed by atoms with Gasteiger partial charge in [-0.25, -0.2) is 0 Å². The third-order valence-electron chi connectivity index (χ3n) is 4.60. The zero-order chi connectivity index (χ0) is 15.0. The molecule has 1 N–H and O–H groups in total. The van der Waals surface area contributed by atoms with E-state index in [9.17, 15) is 22.8 Å². The minimum Gasteiger partial charge on any atom is -0.481 e. The lowest BCUT2D eigenvalue weighted by Gasteiger charge is -2.36. The monoisotopic (exact) mass is 293 g/mol. The fourth-order valence-electron chi connectivity index (χ4n) is 3.44. The summed E-state index contributed by atoms with van der Waals surface area (Å²) in [5.74, 6) is -2.46. The molecule has 7 heteroatoms. The van der Waals surface area contributed by atoms with Crippen LogP contribution < -0.4 is 0 Å². The molecule has 1 amide bonds. The van der Waals surface area contributed by atoms with E-state index in [-0.39, 0.29) is 30.8 Å². The summed E-state index contributed by atoms with van der Waals surface area (Å²) in [5, 5.41) is 8.75. The van der Waals surface area contributed by atoms with Crippen LogP contribution in [0.1, 0.15) is 38.5 Å². The summed E-state index contributed by atoms with van der Waals surface area (Å²) in [7, 11) is 0. The molecule has 0 radical (unpaired) electrons. The first-order valence-electron chi connectivity index (χ1n) is 6.80. The molecule has 0 aromatic carbocycles. The van der Waals surface area contributed by atoms with E-state index in [2.05, 4.69) is 0 Å². The highest BCUT2D eigenvalue weighted by Crippen LogP contribution is 2.46. The number of aliphatic carboxylic acids is 1. The Labute approximate surface area is 114 Å². The fourth-order valence-corrected chi connectivity index (χ4v) is 3.44. The fraction of sp³-hybridized carbons (Fsp3) is 0.846. The van der Waals surface area contributed by atoms with Crippen molar-refractivity contribution in [3.05, 3.63) is 0 Å². The minimum absolute atomic E-state index is 0.116. The summed E-state index contributed by atoms with van der Waals surface area (Å²) in [6.45, 7) is 0.313. The second-order valence-corrected chi connectivity index (χ2v) is 6.02. The van der Waals surface area contributed by atoms with Crippen molar-refractivity contribution in [3.8, 4) is 0 Å². The first kappa shape index (κ1) is 15.1. The molecular weight excluding hydrogens is 275 g/mol. The number of likely N-dealkylation sites (tertiary alicyclic amines) is 1. The van der Waals surface area contributed by atoms with Crippen LogP contribution in [0.5, 0.6) is 0 Å². The Morgan fingerprint density at radius 1 is 1.20 bits per heavy atom. The number of carbonyl (C=O) groups excluding carboxylic acids is 1. The Kier molecular flexibility index (Phi) is 3.97. The molecular formula is C13H18F3NO3. The van der Waals surface area contributed by atoms with Crippen molar-refractivity contribution in [2.45, 2.75) is 44.7 Å². The number of carboxylic acid groups (broad SMARTS) is 1. The van der Waals surface area contributed by atoms with Crippen LogP contribution in [0.2, 0.25) is 0 Å². The smallest absolute Gasteiger partial charge is 0.471 e. The average molecular weight is 293 g/mol. The van der Waals surface area contributed by atoms with Gasteiger partial charge in [-0.1, -0.05) is 0 Å². The van der Waals surface area contributed by atoms with E-state index >= 15 is 0 Å². The Morgan fingerprint density at radius 3 is 2.30 bits per heavy atom. The molecule has 20 heavy (non-hydrogen) atoms. The molecule has 0 aromatic rings. The van der Waals surface area contributed by atoms with E-state index < -0.39 is 18.1 Å². The van der Waals surface area contributed by atoms with Crippen LogP contribution in [0.15, 0.2) is 0 Å². The van der Waals surface area contributed by atoms with Crippen molar-refractivity contribution in [2.75, 3.05) is 13.1 Å². The van der Waals surface area contributed by atoms with Crippen molar-refractivity contribution >= 4 is 11.9 Å². The second-order valence-electron chi connectivity index (χ2n) is 6.02. The molecule has 1 heterocycles. The molecule has 1 aliphatic heterocycles. The van der Waals surface area contributed by atoms with Crippen LogP contribution >= 0.6 is 0 Å². The number of hydrogen-bond donors (Lipinski definition) is 1. The number of nitrogens with zero attached hydrogens (tertiary/aromatic N) is 1. The average Bonchev–Trinajstić information content (AvgIpc) is 2.74. The van der Waals surface area contributed by atoms with Crippen molar-refractivity contribution in [1.29, 1.82) is 0 Å². The molecule has 0 atom stereocenters. The van der Waals surface area contributed by atoms with Crippen LogP contribution in [-0.4, -0.2) is 41.1 Å². The van der Waals surface area contributed by atoms with Crippen molar-refractivity contribution < 1.29 is 27.9 Å². The summed E-state index contributed by atoms with van der Waals surface area (Å²) in [6.07, 6.45) is -1.21. The predicted octanol–water partition coefficient (Wildman–Crippen LogP) is 2.43. The summed E-state index contributed by atoms with van der Waals surface area (Å²) in [4.78, 5) is 22.8. The van der Waals surface area contributed by atoms with E-state index in [0.717, 1.165) is 17.7 Å². The molecule has 1 spiro atoms. The molecule has 0 bridgehead atoms. The normalized spacial score (nSPS) is 30.8. The summed E-state index contributed by atoms with van der Waals surface area (Å²) >= 11 is 0. The molecule has 4 nitrogen and oxygen atoms in total. The van der Waals surface area contributed by atoms with Crippen LogP contribution in [0, 0.1) is 11.3 Å². The Bertz CT molecular complexity index is 400. The summed E-state index contributed by atoms with van der Waals surface area (Å²) in [6, 6.07) is 0. The number of rotatable bonds is 2. The van der Waals surface area contributed by atoms with Gasteiger partial charge in [0.25, 0.3) is 0 Å². The first-order chi connectivity index (χ1) is 9.22. The third-order valence-corrected chi connectivity index (χ3v) is 4.60. The van der Waals surface area contributed by atoms with Crippen molar-refractivity contribution in [3.63, 3.8) is 0 Å². The van der Waals surface area contributed by atoms with E-state index in [1.54, 1.807) is 0 Å². The van der Waals surface area contributed by atoms with Gasteiger partial charge < -0.3 is 10.0 Å². The maximum absolute atomic E-state index is 12.4. The van der Waals surface area contributed by atoms with Gasteiger partial charge in [-0.15, -0.1) is 0 Å². The van der Waals surface area contributed by atoms with Crippen molar-refractivity contribution in [1.82, 2.24) is 4.90 Å². The third kappa shape index (κ3) is 3.24. The van der Waals surface area contributed by atoms with Gasteiger partial charge in [-0.3, -0.25) is 9.59 Å². The number of alkyl halides is 3. The molecule has 2 fully saturated rings. The maximum atomic E-state index is 12.4. The highest BCUT2D eigenvalue weighted by molar-refractivity contribution is 5.82. The zero-order valence-corrected chi connectivity index (χ0v) is 11.1. The second kappa shape index (κ2) is 5.26. The zero-order valence-electron chi connectivity index (χ0n) is 11.1.